The van der Waals surface area contributed by atoms with Gasteiger partial charge in [0.2, 0.25) is 0 Å². The molecular weight excluding hydrogens is 194 g/mol. The third-order valence-electron chi connectivity index (χ3n) is 1.61. The van der Waals surface area contributed by atoms with E-state index in [4.69, 9.17) is 20.9 Å². The molecule has 0 unspecified atom stereocenters. The lowest BCUT2D eigenvalue weighted by atomic mass is 10.0. The molecule has 0 aliphatic carbocycles. The van der Waals surface area contributed by atoms with Crippen LogP contribution < -0.4 is 0 Å². The predicted molar refractivity (Wildman–Crippen MR) is 44.1 cm³/mol. The minimum absolute atomic E-state index is 0.137. The van der Waals surface area contributed by atoms with E-state index in [2.05, 4.69) is 10.0 Å². The first-order valence-electron chi connectivity index (χ1n) is 3.73. The highest BCUT2D eigenvalue weighted by Crippen LogP contribution is 2.06. The Labute approximate surface area is 79.0 Å². The highest BCUT2D eigenvalue weighted by Gasteiger charge is 2.30. The van der Waals surface area contributed by atoms with Gasteiger partial charge in [0, 0.05) is 4.91 Å². The van der Waals surface area contributed by atoms with Gasteiger partial charge in [-0.1, -0.05) is 5.11 Å². The maximum Gasteiger partial charge on any atom is 0.131 e. The van der Waals surface area contributed by atoms with Gasteiger partial charge < -0.3 is 25.2 Å². The Morgan fingerprint density at radius 1 is 1.36 bits per heavy atom. The van der Waals surface area contributed by atoms with Crippen LogP contribution >= 0.6 is 0 Å². The Bertz CT molecular complexity index is 230. The summed E-state index contributed by atoms with van der Waals surface area (Å²) in [5, 5.41) is 38.5. The third kappa shape index (κ3) is 3.29. The van der Waals surface area contributed by atoms with Crippen molar-refractivity contribution in [1.29, 1.82) is 0 Å². The van der Waals surface area contributed by atoms with E-state index >= 15 is 0 Å². The van der Waals surface area contributed by atoms with Crippen LogP contribution in [0.1, 0.15) is 0 Å². The lowest BCUT2D eigenvalue weighted by Crippen LogP contribution is -2.45. The lowest BCUT2D eigenvalue weighted by Gasteiger charge is -2.22. The summed E-state index contributed by atoms with van der Waals surface area (Å²) in [6.45, 7) is -0.778. The number of azide groups is 1. The predicted octanol–water partition coefficient (Wildman–Crippen LogP) is -2.06. The lowest BCUT2D eigenvalue weighted by molar-refractivity contribution is -0.118. The van der Waals surface area contributed by atoms with Gasteiger partial charge in [0.25, 0.3) is 0 Å². The van der Waals surface area contributed by atoms with Crippen LogP contribution in [0.25, 0.3) is 10.4 Å². The molecular formula is C6H11N3O5. The average molecular weight is 205 g/mol. The van der Waals surface area contributed by atoms with Crippen molar-refractivity contribution in [1.82, 2.24) is 0 Å². The Morgan fingerprint density at radius 3 is 2.29 bits per heavy atom. The van der Waals surface area contributed by atoms with Gasteiger partial charge in [0.1, 0.15) is 24.5 Å². The highest BCUT2D eigenvalue weighted by atomic mass is 16.4. The molecule has 0 heterocycles. The number of aldehydes is 1. The smallest absolute Gasteiger partial charge is 0.131 e. The Balaban J connectivity index is 4.47. The summed E-state index contributed by atoms with van der Waals surface area (Å²) in [5.41, 5.74) is 7.99. The van der Waals surface area contributed by atoms with E-state index in [9.17, 15) is 9.90 Å². The van der Waals surface area contributed by atoms with E-state index in [0.29, 0.717) is 0 Å². The zero-order valence-electron chi connectivity index (χ0n) is 7.13. The molecule has 0 aromatic rings. The summed E-state index contributed by atoms with van der Waals surface area (Å²) in [5.74, 6) is 0. The molecule has 8 nitrogen and oxygen atoms in total. The van der Waals surface area contributed by atoms with Gasteiger partial charge in [-0.3, -0.25) is 0 Å². The molecule has 0 aromatic heterocycles. The van der Waals surface area contributed by atoms with Gasteiger partial charge in [-0.2, -0.15) is 0 Å². The number of hydrogen-bond acceptors (Lipinski definition) is 6. The Kier molecular flexibility index (Phi) is 5.77. The largest absolute Gasteiger partial charge is 0.394 e. The fourth-order valence-electron chi connectivity index (χ4n) is 0.773. The maximum atomic E-state index is 10.3. The molecule has 0 fully saturated rings. The van der Waals surface area contributed by atoms with Crippen LogP contribution in [0.15, 0.2) is 5.11 Å². The molecule has 0 radical (unpaired) electrons. The SMILES string of the molecule is [N-]=[N+]=N[C@H](C=O)[C@H](O)[C@@H](O)[C@@H](O)CO. The molecule has 0 aliphatic heterocycles. The standard InChI is InChI=1S/C6H11N3O5/c7-9-8-3(1-10)5(13)6(14)4(12)2-11/h1,3-6,11-14H,2H2/t3-,4+,5+,6+/m1/s1. The summed E-state index contributed by atoms with van der Waals surface area (Å²) in [7, 11) is 0. The van der Waals surface area contributed by atoms with Crippen molar-refractivity contribution in [2.24, 2.45) is 5.11 Å². The number of rotatable bonds is 6. The number of carbonyl (C=O) groups is 1. The van der Waals surface area contributed by atoms with Crippen molar-refractivity contribution >= 4 is 6.29 Å². The van der Waals surface area contributed by atoms with E-state index in [1.165, 1.54) is 0 Å². The second kappa shape index (κ2) is 6.30. The number of carbonyl (C=O) groups excluding carboxylic acids is 1. The number of nitrogens with zero attached hydrogens (tertiary/aromatic N) is 3. The van der Waals surface area contributed by atoms with Crippen LogP contribution in [0.5, 0.6) is 0 Å². The molecule has 0 saturated carbocycles. The minimum atomic E-state index is -1.75. The number of aliphatic hydroxyl groups excluding tert-OH is 4. The molecule has 0 aliphatic rings. The third-order valence-corrected chi connectivity index (χ3v) is 1.61. The Morgan fingerprint density at radius 2 is 1.93 bits per heavy atom. The molecule has 0 bridgehead atoms. The van der Waals surface area contributed by atoms with Gasteiger partial charge >= 0.3 is 0 Å². The van der Waals surface area contributed by atoms with Crippen molar-refractivity contribution in [3.05, 3.63) is 10.4 Å². The number of hydrogen-bond donors (Lipinski definition) is 4. The molecule has 0 aromatic carbocycles. The van der Waals surface area contributed by atoms with Crippen molar-refractivity contribution in [2.75, 3.05) is 6.61 Å². The van der Waals surface area contributed by atoms with Gasteiger partial charge in [0.15, 0.2) is 0 Å². The monoisotopic (exact) mass is 205 g/mol. The van der Waals surface area contributed by atoms with Crippen molar-refractivity contribution < 1.29 is 25.2 Å². The van der Waals surface area contributed by atoms with Crippen LogP contribution in [0, 0.1) is 0 Å². The van der Waals surface area contributed by atoms with Crippen LogP contribution in [0.2, 0.25) is 0 Å². The van der Waals surface area contributed by atoms with E-state index < -0.39 is 31.0 Å². The van der Waals surface area contributed by atoms with Gasteiger partial charge in [-0.05, 0) is 5.53 Å². The van der Waals surface area contributed by atoms with Crippen LogP contribution in [-0.4, -0.2) is 57.7 Å². The summed E-state index contributed by atoms with van der Waals surface area (Å²) < 4.78 is 0. The van der Waals surface area contributed by atoms with Gasteiger partial charge in [-0.25, -0.2) is 0 Å². The van der Waals surface area contributed by atoms with E-state index in [1.807, 2.05) is 0 Å². The molecule has 14 heavy (non-hydrogen) atoms. The molecule has 0 spiro atoms. The molecule has 0 amide bonds. The molecule has 80 valence electrons. The molecule has 8 heteroatoms. The second-order valence-corrected chi connectivity index (χ2v) is 2.56. The van der Waals surface area contributed by atoms with Crippen molar-refractivity contribution in [2.45, 2.75) is 24.4 Å². The van der Waals surface area contributed by atoms with Crippen LogP contribution in [0.4, 0.5) is 0 Å². The summed E-state index contributed by atoms with van der Waals surface area (Å²) in [4.78, 5) is 12.5. The van der Waals surface area contributed by atoms with Crippen molar-refractivity contribution in [3.8, 4) is 0 Å². The fourth-order valence-corrected chi connectivity index (χ4v) is 0.773. The fraction of sp³-hybridized carbons (Fsp3) is 0.833. The summed E-state index contributed by atoms with van der Waals surface area (Å²) in [6, 6.07) is -1.49. The molecule has 4 atom stereocenters. The molecule has 0 saturated heterocycles. The quantitative estimate of drug-likeness (QED) is 0.170. The second-order valence-electron chi connectivity index (χ2n) is 2.56. The van der Waals surface area contributed by atoms with Crippen molar-refractivity contribution in [3.63, 3.8) is 0 Å². The molecule has 0 rings (SSSR count). The first-order valence-corrected chi connectivity index (χ1v) is 3.73. The summed E-state index contributed by atoms with van der Waals surface area (Å²) in [6.07, 6.45) is -4.95. The van der Waals surface area contributed by atoms with Gasteiger partial charge in [-0.15, -0.1) is 0 Å². The zero-order chi connectivity index (χ0) is 11.1. The maximum absolute atomic E-state index is 10.3. The topological polar surface area (TPSA) is 147 Å². The number of aliphatic hydroxyl groups is 4. The summed E-state index contributed by atoms with van der Waals surface area (Å²) >= 11 is 0. The van der Waals surface area contributed by atoms with E-state index in [1.54, 1.807) is 0 Å². The Hall–Kier alpha value is -1.18. The highest BCUT2D eigenvalue weighted by molar-refractivity contribution is 5.59. The molecule has 4 N–H and O–H groups in total. The van der Waals surface area contributed by atoms with Crippen LogP contribution in [-0.2, 0) is 4.79 Å². The normalized spacial score (nSPS) is 18.9. The first-order chi connectivity index (χ1) is 6.58. The zero-order valence-corrected chi connectivity index (χ0v) is 7.13. The van der Waals surface area contributed by atoms with E-state index in [0.717, 1.165) is 0 Å². The van der Waals surface area contributed by atoms with E-state index in [-0.39, 0.29) is 6.29 Å². The minimum Gasteiger partial charge on any atom is -0.394 e. The average Bonchev–Trinajstić information content (AvgIpc) is 2.22. The first kappa shape index (κ1) is 12.8. The van der Waals surface area contributed by atoms with Crippen LogP contribution in [0.3, 0.4) is 0 Å². The van der Waals surface area contributed by atoms with Gasteiger partial charge in [0.05, 0.1) is 12.7 Å².